The minimum atomic E-state index is -3.52. The van der Waals surface area contributed by atoms with Gasteiger partial charge in [-0.3, -0.25) is 4.98 Å². The van der Waals surface area contributed by atoms with Gasteiger partial charge in [0.25, 0.3) is 0 Å². The Morgan fingerprint density at radius 1 is 0.929 bits per heavy atom. The lowest BCUT2D eigenvalue weighted by Gasteiger charge is -2.29. The van der Waals surface area contributed by atoms with Gasteiger partial charge in [-0.15, -0.1) is 0 Å². The molecule has 0 saturated heterocycles. The van der Waals surface area contributed by atoms with E-state index in [4.69, 9.17) is 0 Å². The van der Waals surface area contributed by atoms with Gasteiger partial charge in [0, 0.05) is 29.1 Å². The van der Waals surface area contributed by atoms with Crippen LogP contribution in [0.5, 0.6) is 0 Å². The lowest BCUT2D eigenvalue weighted by Crippen LogP contribution is -2.36. The topological polar surface area (TPSA) is 50.3 Å². The van der Waals surface area contributed by atoms with Crippen LogP contribution < -0.4 is 0 Å². The standard InChI is InChI=1S/C22H21IN2O2S/c1-15-11-21(23)12-16(2)22(15)28(26,27)25-10-7-19-13-18(3-4-20(19)14-25)17-5-8-24-9-6-17/h3-6,8-9,11-13H,7,10,14H2,1-2H3. The van der Waals surface area contributed by atoms with Gasteiger partial charge in [0.15, 0.2) is 0 Å². The van der Waals surface area contributed by atoms with Crippen molar-refractivity contribution in [2.75, 3.05) is 6.54 Å². The quantitative estimate of drug-likeness (QED) is 0.486. The Hall–Kier alpha value is -1.77. The second-order valence-electron chi connectivity index (χ2n) is 7.18. The molecule has 0 radical (unpaired) electrons. The van der Waals surface area contributed by atoms with E-state index in [1.54, 1.807) is 16.7 Å². The van der Waals surface area contributed by atoms with Crippen molar-refractivity contribution in [3.8, 4) is 11.1 Å². The van der Waals surface area contributed by atoms with Gasteiger partial charge in [0.1, 0.15) is 0 Å². The fraction of sp³-hybridized carbons (Fsp3) is 0.227. The molecule has 1 aliphatic rings. The molecule has 0 spiro atoms. The van der Waals surface area contributed by atoms with Crippen molar-refractivity contribution in [1.29, 1.82) is 0 Å². The molecule has 0 bridgehead atoms. The summed E-state index contributed by atoms with van der Waals surface area (Å²) in [5.41, 5.74) is 6.18. The number of nitrogens with zero attached hydrogens (tertiary/aromatic N) is 2. The summed E-state index contributed by atoms with van der Waals surface area (Å²) in [5, 5.41) is 0. The molecule has 144 valence electrons. The number of halogens is 1. The third-order valence-electron chi connectivity index (χ3n) is 5.22. The zero-order valence-electron chi connectivity index (χ0n) is 15.8. The molecule has 4 nitrogen and oxygen atoms in total. The molecule has 0 N–H and O–H groups in total. The van der Waals surface area contributed by atoms with E-state index in [1.165, 1.54) is 5.56 Å². The third-order valence-corrected chi connectivity index (χ3v) is 7.99. The molecular weight excluding hydrogens is 483 g/mol. The maximum atomic E-state index is 13.4. The number of benzene rings is 2. The number of aromatic nitrogens is 1. The van der Waals surface area contributed by atoms with Crippen LogP contribution in [-0.4, -0.2) is 24.3 Å². The summed E-state index contributed by atoms with van der Waals surface area (Å²) in [6.07, 6.45) is 4.29. The fourth-order valence-electron chi connectivity index (χ4n) is 3.89. The van der Waals surface area contributed by atoms with Crippen LogP contribution in [0.3, 0.4) is 0 Å². The van der Waals surface area contributed by atoms with Gasteiger partial charge in [-0.05, 0) is 101 Å². The van der Waals surface area contributed by atoms with Crippen molar-refractivity contribution in [3.05, 3.63) is 80.7 Å². The first kappa shape index (κ1) is 19.5. The van der Waals surface area contributed by atoms with Crippen molar-refractivity contribution in [2.45, 2.75) is 31.7 Å². The monoisotopic (exact) mass is 504 g/mol. The molecule has 4 rings (SSSR count). The van der Waals surface area contributed by atoms with Gasteiger partial charge in [-0.1, -0.05) is 18.2 Å². The summed E-state index contributed by atoms with van der Waals surface area (Å²) in [6, 6.07) is 14.1. The van der Waals surface area contributed by atoms with Crippen LogP contribution in [0.1, 0.15) is 22.3 Å². The van der Waals surface area contributed by atoms with Crippen LogP contribution in [-0.2, 0) is 23.0 Å². The molecule has 0 amide bonds. The first-order valence-corrected chi connectivity index (χ1v) is 11.7. The number of hydrogen-bond acceptors (Lipinski definition) is 3. The van der Waals surface area contributed by atoms with E-state index in [9.17, 15) is 8.42 Å². The zero-order valence-corrected chi connectivity index (χ0v) is 18.8. The largest absolute Gasteiger partial charge is 0.265 e. The lowest BCUT2D eigenvalue weighted by atomic mass is 9.96. The SMILES string of the molecule is Cc1cc(I)cc(C)c1S(=O)(=O)N1CCc2cc(-c3ccncc3)ccc2C1. The first-order valence-electron chi connectivity index (χ1n) is 9.15. The van der Waals surface area contributed by atoms with Crippen molar-refractivity contribution in [3.63, 3.8) is 0 Å². The summed E-state index contributed by atoms with van der Waals surface area (Å²) < 4.78 is 29.4. The average molecular weight is 504 g/mol. The van der Waals surface area contributed by atoms with Gasteiger partial charge in [-0.2, -0.15) is 4.31 Å². The van der Waals surface area contributed by atoms with Gasteiger partial charge >= 0.3 is 0 Å². The number of hydrogen-bond donors (Lipinski definition) is 0. The number of pyridine rings is 1. The molecule has 0 saturated carbocycles. The molecule has 1 aliphatic heterocycles. The third kappa shape index (κ3) is 3.60. The van der Waals surface area contributed by atoms with Crippen molar-refractivity contribution in [2.24, 2.45) is 0 Å². The first-order chi connectivity index (χ1) is 13.4. The summed E-state index contributed by atoms with van der Waals surface area (Å²) in [6.45, 7) is 4.67. The van der Waals surface area contributed by atoms with E-state index >= 15 is 0 Å². The van der Waals surface area contributed by atoms with Crippen LogP contribution in [0, 0.1) is 17.4 Å². The summed E-state index contributed by atoms with van der Waals surface area (Å²) in [7, 11) is -3.52. The summed E-state index contributed by atoms with van der Waals surface area (Å²) >= 11 is 2.23. The maximum absolute atomic E-state index is 13.4. The number of rotatable bonds is 3. The summed E-state index contributed by atoms with van der Waals surface area (Å²) in [5.74, 6) is 0. The molecule has 2 aromatic carbocycles. The predicted octanol–water partition coefficient (Wildman–Crippen LogP) is 4.72. The van der Waals surface area contributed by atoms with Crippen LogP contribution >= 0.6 is 22.6 Å². The molecule has 6 heteroatoms. The van der Waals surface area contributed by atoms with Crippen LogP contribution in [0.4, 0.5) is 0 Å². The van der Waals surface area contributed by atoms with Crippen molar-refractivity contribution >= 4 is 32.6 Å². The molecule has 0 unspecified atom stereocenters. The Morgan fingerprint density at radius 3 is 2.29 bits per heavy atom. The van der Waals surface area contributed by atoms with E-state index < -0.39 is 10.0 Å². The lowest BCUT2D eigenvalue weighted by molar-refractivity contribution is 0.391. The normalized spacial score (nSPS) is 14.7. The van der Waals surface area contributed by atoms with Crippen molar-refractivity contribution in [1.82, 2.24) is 9.29 Å². The molecule has 0 atom stereocenters. The van der Waals surface area contributed by atoms with E-state index in [0.717, 1.165) is 37.8 Å². The minimum Gasteiger partial charge on any atom is -0.265 e. The van der Waals surface area contributed by atoms with Crippen molar-refractivity contribution < 1.29 is 8.42 Å². The average Bonchev–Trinajstić information content (AvgIpc) is 2.66. The highest BCUT2D eigenvalue weighted by molar-refractivity contribution is 14.1. The second kappa shape index (κ2) is 7.57. The molecule has 0 fully saturated rings. The predicted molar refractivity (Wildman–Crippen MR) is 120 cm³/mol. The Kier molecular flexibility index (Phi) is 5.28. The Labute approximate surface area is 179 Å². The number of sulfonamides is 1. The highest BCUT2D eigenvalue weighted by Gasteiger charge is 2.31. The van der Waals surface area contributed by atoms with Crippen LogP contribution in [0.15, 0.2) is 59.8 Å². The van der Waals surface area contributed by atoms with Crippen LogP contribution in [0.2, 0.25) is 0 Å². The Bertz CT molecular complexity index is 1120. The maximum Gasteiger partial charge on any atom is 0.243 e. The van der Waals surface area contributed by atoms with Gasteiger partial charge < -0.3 is 0 Å². The van der Waals surface area contributed by atoms with E-state index in [1.807, 2.05) is 38.1 Å². The second-order valence-corrected chi connectivity index (χ2v) is 10.3. The molecule has 1 aromatic heterocycles. The molecule has 28 heavy (non-hydrogen) atoms. The molecular formula is C22H21IN2O2S. The molecule has 3 aromatic rings. The summed E-state index contributed by atoms with van der Waals surface area (Å²) in [4.78, 5) is 4.52. The number of fused-ring (bicyclic) bond motifs is 1. The van der Waals surface area contributed by atoms with Gasteiger partial charge in [-0.25, -0.2) is 8.42 Å². The van der Waals surface area contributed by atoms with E-state index in [-0.39, 0.29) is 0 Å². The minimum absolute atomic E-state index is 0.416. The molecule has 2 heterocycles. The highest BCUT2D eigenvalue weighted by atomic mass is 127. The van der Waals surface area contributed by atoms with Crippen LogP contribution in [0.25, 0.3) is 11.1 Å². The Morgan fingerprint density at radius 2 is 1.61 bits per heavy atom. The fourth-order valence-corrected chi connectivity index (χ4v) is 6.65. The number of aryl methyl sites for hydroxylation is 2. The van der Waals surface area contributed by atoms with E-state index in [0.29, 0.717) is 18.0 Å². The van der Waals surface area contributed by atoms with Gasteiger partial charge in [0.05, 0.1) is 4.90 Å². The zero-order chi connectivity index (χ0) is 19.9. The highest BCUT2D eigenvalue weighted by Crippen LogP contribution is 2.31. The smallest absolute Gasteiger partial charge is 0.243 e. The van der Waals surface area contributed by atoms with Gasteiger partial charge in [0.2, 0.25) is 10.0 Å². The Balaban J connectivity index is 1.66. The molecule has 0 aliphatic carbocycles. The van der Waals surface area contributed by atoms with E-state index in [2.05, 4.69) is 45.8 Å².